The standard InChI is InChI=1S/C17H20N2O2S2/c1-22-14-7-5-13(6-8-14)11-15-16(20)19(17(21)23-15)12-18-9-3-2-4-10-18/h5-8,11H,2-4,9-10,12H2,1H3/b15-11-. The Bertz CT molecular complexity index is 622. The first-order chi connectivity index (χ1) is 11.2. The van der Waals surface area contributed by atoms with Gasteiger partial charge in [-0.15, -0.1) is 11.8 Å². The number of amides is 2. The van der Waals surface area contributed by atoms with Gasteiger partial charge < -0.3 is 0 Å². The number of likely N-dealkylation sites (tertiary alicyclic amines) is 1. The Balaban J connectivity index is 1.70. The molecule has 0 bridgehead atoms. The van der Waals surface area contributed by atoms with E-state index in [0.717, 1.165) is 43.3 Å². The van der Waals surface area contributed by atoms with Gasteiger partial charge in [0.2, 0.25) is 0 Å². The maximum Gasteiger partial charge on any atom is 0.294 e. The monoisotopic (exact) mass is 348 g/mol. The second-order valence-corrected chi connectivity index (χ2v) is 7.58. The van der Waals surface area contributed by atoms with Crippen molar-refractivity contribution >= 4 is 40.7 Å². The van der Waals surface area contributed by atoms with Gasteiger partial charge in [0, 0.05) is 4.90 Å². The summed E-state index contributed by atoms with van der Waals surface area (Å²) in [5.74, 6) is -0.167. The van der Waals surface area contributed by atoms with Gasteiger partial charge in [-0.05, 0) is 67.7 Å². The van der Waals surface area contributed by atoms with E-state index in [4.69, 9.17) is 0 Å². The summed E-state index contributed by atoms with van der Waals surface area (Å²) in [6.07, 6.45) is 7.37. The van der Waals surface area contributed by atoms with Crippen LogP contribution in [-0.2, 0) is 4.79 Å². The average Bonchev–Trinajstić information content (AvgIpc) is 2.84. The number of carbonyl (C=O) groups is 2. The minimum absolute atomic E-state index is 0.160. The summed E-state index contributed by atoms with van der Waals surface area (Å²) in [6.45, 7) is 2.36. The van der Waals surface area contributed by atoms with Crippen LogP contribution in [-0.4, -0.2) is 47.0 Å². The van der Waals surface area contributed by atoms with Gasteiger partial charge in [-0.3, -0.25) is 19.4 Å². The van der Waals surface area contributed by atoms with Crippen LogP contribution in [0.15, 0.2) is 34.1 Å². The molecular formula is C17H20N2O2S2. The number of imide groups is 1. The van der Waals surface area contributed by atoms with Crippen molar-refractivity contribution in [3.63, 3.8) is 0 Å². The minimum Gasteiger partial charge on any atom is -0.286 e. The molecule has 2 fully saturated rings. The van der Waals surface area contributed by atoms with E-state index >= 15 is 0 Å². The van der Waals surface area contributed by atoms with Crippen molar-refractivity contribution < 1.29 is 9.59 Å². The molecule has 2 aliphatic heterocycles. The minimum atomic E-state index is -0.167. The molecule has 4 nitrogen and oxygen atoms in total. The van der Waals surface area contributed by atoms with Gasteiger partial charge in [0.15, 0.2) is 0 Å². The van der Waals surface area contributed by atoms with E-state index in [-0.39, 0.29) is 11.1 Å². The fourth-order valence-corrected chi connectivity index (χ4v) is 4.01. The van der Waals surface area contributed by atoms with Crippen LogP contribution in [0.1, 0.15) is 24.8 Å². The maximum absolute atomic E-state index is 12.5. The highest BCUT2D eigenvalue weighted by molar-refractivity contribution is 8.18. The molecule has 0 unspecified atom stereocenters. The SMILES string of the molecule is CSc1ccc(/C=C2\SC(=O)N(CN3CCCCC3)C2=O)cc1. The lowest BCUT2D eigenvalue weighted by molar-refractivity contribution is -0.124. The van der Waals surface area contributed by atoms with Crippen LogP contribution in [0.25, 0.3) is 6.08 Å². The summed E-state index contributed by atoms with van der Waals surface area (Å²) in [5, 5.41) is -0.160. The molecule has 1 aromatic rings. The van der Waals surface area contributed by atoms with Gasteiger partial charge in [-0.1, -0.05) is 18.6 Å². The number of hydrogen-bond donors (Lipinski definition) is 0. The Kier molecular flexibility index (Phi) is 5.46. The van der Waals surface area contributed by atoms with Gasteiger partial charge in [0.1, 0.15) is 0 Å². The second-order valence-electron chi connectivity index (χ2n) is 5.70. The van der Waals surface area contributed by atoms with Crippen LogP contribution >= 0.6 is 23.5 Å². The quantitative estimate of drug-likeness (QED) is 0.610. The zero-order valence-electron chi connectivity index (χ0n) is 13.2. The van der Waals surface area contributed by atoms with Crippen LogP contribution in [0.4, 0.5) is 4.79 Å². The normalized spacial score (nSPS) is 21.4. The summed E-state index contributed by atoms with van der Waals surface area (Å²) < 4.78 is 0. The Labute approximate surface area is 145 Å². The number of thioether (sulfide) groups is 2. The zero-order valence-corrected chi connectivity index (χ0v) is 14.8. The largest absolute Gasteiger partial charge is 0.294 e. The van der Waals surface area contributed by atoms with E-state index in [1.807, 2.05) is 36.6 Å². The Hall–Kier alpha value is -1.24. The van der Waals surface area contributed by atoms with Crippen molar-refractivity contribution in [1.29, 1.82) is 0 Å². The van der Waals surface area contributed by atoms with Crippen molar-refractivity contribution in [2.75, 3.05) is 26.0 Å². The first-order valence-corrected chi connectivity index (χ1v) is 9.83. The average molecular weight is 348 g/mol. The lowest BCUT2D eigenvalue weighted by Crippen LogP contribution is -2.42. The lowest BCUT2D eigenvalue weighted by Gasteiger charge is -2.29. The van der Waals surface area contributed by atoms with E-state index in [0.29, 0.717) is 11.6 Å². The second kappa shape index (κ2) is 7.55. The lowest BCUT2D eigenvalue weighted by atomic mass is 10.1. The zero-order chi connectivity index (χ0) is 16.2. The molecular weight excluding hydrogens is 328 g/mol. The maximum atomic E-state index is 12.5. The predicted octanol–water partition coefficient (Wildman–Crippen LogP) is 3.89. The summed E-state index contributed by atoms with van der Waals surface area (Å²) in [7, 11) is 0. The van der Waals surface area contributed by atoms with Crippen molar-refractivity contribution in [3.8, 4) is 0 Å². The molecule has 0 saturated carbocycles. The van der Waals surface area contributed by atoms with Gasteiger partial charge in [0.25, 0.3) is 11.1 Å². The molecule has 0 N–H and O–H groups in total. The molecule has 0 aliphatic carbocycles. The molecule has 0 spiro atoms. The molecule has 6 heteroatoms. The van der Waals surface area contributed by atoms with Crippen molar-refractivity contribution in [3.05, 3.63) is 34.7 Å². The summed E-state index contributed by atoms with van der Waals surface area (Å²) in [6, 6.07) is 8.00. The van der Waals surface area contributed by atoms with Gasteiger partial charge in [-0.2, -0.15) is 0 Å². The summed E-state index contributed by atoms with van der Waals surface area (Å²) in [5.41, 5.74) is 0.950. The topological polar surface area (TPSA) is 40.6 Å². The molecule has 0 atom stereocenters. The third-order valence-corrected chi connectivity index (χ3v) is 5.73. The highest BCUT2D eigenvalue weighted by Crippen LogP contribution is 2.32. The number of nitrogens with zero attached hydrogens (tertiary/aromatic N) is 2. The molecule has 122 valence electrons. The number of carbonyl (C=O) groups excluding carboxylic acids is 2. The first kappa shape index (κ1) is 16.6. The van der Waals surface area contributed by atoms with E-state index < -0.39 is 0 Å². The van der Waals surface area contributed by atoms with E-state index in [1.54, 1.807) is 11.8 Å². The Morgan fingerprint density at radius 3 is 2.48 bits per heavy atom. The van der Waals surface area contributed by atoms with Crippen LogP contribution in [0.5, 0.6) is 0 Å². The summed E-state index contributed by atoms with van der Waals surface area (Å²) in [4.78, 5) is 29.9. The van der Waals surface area contributed by atoms with E-state index in [1.165, 1.54) is 16.2 Å². The predicted molar refractivity (Wildman–Crippen MR) is 96.3 cm³/mol. The first-order valence-electron chi connectivity index (χ1n) is 7.79. The van der Waals surface area contributed by atoms with Gasteiger partial charge in [-0.25, -0.2) is 0 Å². The van der Waals surface area contributed by atoms with Crippen molar-refractivity contribution in [2.45, 2.75) is 24.2 Å². The van der Waals surface area contributed by atoms with Crippen LogP contribution in [0.3, 0.4) is 0 Å². The van der Waals surface area contributed by atoms with Crippen molar-refractivity contribution in [1.82, 2.24) is 9.80 Å². The molecule has 3 rings (SSSR count). The molecule has 2 heterocycles. The molecule has 0 radical (unpaired) electrons. The number of piperidine rings is 1. The smallest absolute Gasteiger partial charge is 0.286 e. The fraction of sp³-hybridized carbons (Fsp3) is 0.412. The van der Waals surface area contributed by atoms with E-state index in [2.05, 4.69) is 4.90 Å². The summed E-state index contributed by atoms with van der Waals surface area (Å²) >= 11 is 2.72. The molecule has 2 aliphatic rings. The van der Waals surface area contributed by atoms with Crippen LogP contribution in [0, 0.1) is 0 Å². The van der Waals surface area contributed by atoms with Crippen LogP contribution in [0.2, 0.25) is 0 Å². The number of benzene rings is 1. The number of rotatable bonds is 4. The fourth-order valence-electron chi connectivity index (χ4n) is 2.77. The Morgan fingerprint density at radius 1 is 1.13 bits per heavy atom. The molecule has 2 saturated heterocycles. The van der Waals surface area contributed by atoms with Gasteiger partial charge >= 0.3 is 0 Å². The third kappa shape index (κ3) is 4.00. The molecule has 2 amide bonds. The van der Waals surface area contributed by atoms with Crippen molar-refractivity contribution in [2.24, 2.45) is 0 Å². The van der Waals surface area contributed by atoms with Crippen LogP contribution < -0.4 is 0 Å². The molecule has 23 heavy (non-hydrogen) atoms. The highest BCUT2D eigenvalue weighted by atomic mass is 32.2. The molecule has 0 aromatic heterocycles. The highest BCUT2D eigenvalue weighted by Gasteiger charge is 2.36. The Morgan fingerprint density at radius 2 is 1.83 bits per heavy atom. The third-order valence-electron chi connectivity index (χ3n) is 4.08. The molecule has 1 aromatic carbocycles. The van der Waals surface area contributed by atoms with Gasteiger partial charge in [0.05, 0.1) is 11.6 Å². The van der Waals surface area contributed by atoms with E-state index in [9.17, 15) is 9.59 Å². The number of hydrogen-bond acceptors (Lipinski definition) is 5.